The van der Waals surface area contributed by atoms with E-state index in [4.69, 9.17) is 0 Å². The zero-order valence-corrected chi connectivity index (χ0v) is 5.41. The van der Waals surface area contributed by atoms with Crippen molar-refractivity contribution in [2.24, 2.45) is 0 Å². The van der Waals surface area contributed by atoms with Crippen LogP contribution in [0.5, 0.6) is 0 Å². The number of nitrogens with one attached hydrogen (secondary N) is 2. The van der Waals surface area contributed by atoms with Crippen molar-refractivity contribution >= 4 is 0 Å². The standard InChI is InChI=1S/C6H14N2.CH4/c1-2-6-5-7-3-4-8-6;/h6-8H,2-5H2,1H3;1H4/t6-;/m0./s1. The van der Waals surface area contributed by atoms with Crippen LogP contribution in [0.25, 0.3) is 0 Å². The maximum absolute atomic E-state index is 3.41. The smallest absolute Gasteiger partial charge is 0.0190 e. The van der Waals surface area contributed by atoms with Gasteiger partial charge in [-0.25, -0.2) is 0 Å². The molecular formula is C7H18N2. The average Bonchev–Trinajstić information content (AvgIpc) is 1.90. The van der Waals surface area contributed by atoms with Crippen molar-refractivity contribution in [3.63, 3.8) is 0 Å². The topological polar surface area (TPSA) is 24.1 Å². The summed E-state index contributed by atoms with van der Waals surface area (Å²) in [6, 6.07) is 0.726. The zero-order chi connectivity index (χ0) is 5.82. The molecule has 0 aromatic heterocycles. The molecule has 1 heterocycles. The average molecular weight is 130 g/mol. The van der Waals surface area contributed by atoms with Crippen molar-refractivity contribution in [1.29, 1.82) is 0 Å². The molecule has 0 aromatic rings. The lowest BCUT2D eigenvalue weighted by Gasteiger charge is -2.22. The molecule has 1 atom stereocenters. The predicted molar refractivity (Wildman–Crippen MR) is 41.7 cm³/mol. The van der Waals surface area contributed by atoms with Crippen LogP contribution in [0.15, 0.2) is 0 Å². The fraction of sp³-hybridized carbons (Fsp3) is 1.00. The van der Waals surface area contributed by atoms with E-state index < -0.39 is 0 Å². The molecule has 9 heavy (non-hydrogen) atoms. The molecule has 0 saturated carbocycles. The largest absolute Gasteiger partial charge is 0.314 e. The van der Waals surface area contributed by atoms with Crippen molar-refractivity contribution in [3.05, 3.63) is 0 Å². The number of hydrogen-bond donors (Lipinski definition) is 2. The van der Waals surface area contributed by atoms with Crippen LogP contribution in [0.3, 0.4) is 0 Å². The molecule has 0 amide bonds. The summed E-state index contributed by atoms with van der Waals surface area (Å²) in [5, 5.41) is 6.73. The van der Waals surface area contributed by atoms with Gasteiger partial charge in [0.05, 0.1) is 0 Å². The third kappa shape index (κ3) is 2.82. The summed E-state index contributed by atoms with van der Waals surface area (Å²) in [6.45, 7) is 5.64. The molecule has 56 valence electrons. The molecular weight excluding hydrogens is 112 g/mol. The van der Waals surface area contributed by atoms with E-state index in [1.807, 2.05) is 0 Å². The third-order valence-corrected chi connectivity index (χ3v) is 1.62. The van der Waals surface area contributed by atoms with Gasteiger partial charge in [0.1, 0.15) is 0 Å². The van der Waals surface area contributed by atoms with Gasteiger partial charge in [-0.15, -0.1) is 0 Å². The summed E-state index contributed by atoms with van der Waals surface area (Å²) in [4.78, 5) is 0. The zero-order valence-electron chi connectivity index (χ0n) is 5.41. The van der Waals surface area contributed by atoms with Gasteiger partial charge in [0.25, 0.3) is 0 Å². The monoisotopic (exact) mass is 130 g/mol. The van der Waals surface area contributed by atoms with Gasteiger partial charge in [-0.3, -0.25) is 0 Å². The SMILES string of the molecule is C.CC[C@H]1CNCCN1. The van der Waals surface area contributed by atoms with Crippen molar-refractivity contribution in [3.8, 4) is 0 Å². The number of hydrogen-bond acceptors (Lipinski definition) is 2. The summed E-state index contributed by atoms with van der Waals surface area (Å²) in [6.07, 6.45) is 1.24. The molecule has 0 aliphatic carbocycles. The molecule has 0 aromatic carbocycles. The molecule has 1 fully saturated rings. The van der Waals surface area contributed by atoms with E-state index >= 15 is 0 Å². The second-order valence-corrected chi connectivity index (χ2v) is 2.26. The first-order valence-electron chi connectivity index (χ1n) is 3.37. The maximum Gasteiger partial charge on any atom is 0.0190 e. The molecule has 2 N–H and O–H groups in total. The molecule has 1 aliphatic heterocycles. The molecule has 0 radical (unpaired) electrons. The van der Waals surface area contributed by atoms with E-state index in [0.717, 1.165) is 25.7 Å². The van der Waals surface area contributed by atoms with Crippen LogP contribution in [0.4, 0.5) is 0 Å². The van der Waals surface area contributed by atoms with Gasteiger partial charge >= 0.3 is 0 Å². The molecule has 2 heteroatoms. The second-order valence-electron chi connectivity index (χ2n) is 2.26. The summed E-state index contributed by atoms with van der Waals surface area (Å²) in [5.74, 6) is 0. The highest BCUT2D eigenvalue weighted by molar-refractivity contribution is 4.72. The van der Waals surface area contributed by atoms with Gasteiger partial charge in [-0.05, 0) is 6.42 Å². The van der Waals surface area contributed by atoms with Crippen LogP contribution < -0.4 is 10.6 Å². The van der Waals surface area contributed by atoms with Gasteiger partial charge < -0.3 is 10.6 Å². The van der Waals surface area contributed by atoms with E-state index in [-0.39, 0.29) is 7.43 Å². The van der Waals surface area contributed by atoms with Gasteiger partial charge in [0.15, 0.2) is 0 Å². The van der Waals surface area contributed by atoms with E-state index in [1.165, 1.54) is 6.42 Å². The van der Waals surface area contributed by atoms with Crippen molar-refractivity contribution < 1.29 is 0 Å². The highest BCUT2D eigenvalue weighted by Gasteiger charge is 2.07. The summed E-state index contributed by atoms with van der Waals surface area (Å²) < 4.78 is 0. The highest BCUT2D eigenvalue weighted by atomic mass is 15.0. The molecule has 1 saturated heterocycles. The fourth-order valence-electron chi connectivity index (χ4n) is 1.00. The molecule has 1 aliphatic rings. The van der Waals surface area contributed by atoms with Gasteiger partial charge in [0.2, 0.25) is 0 Å². The molecule has 0 bridgehead atoms. The van der Waals surface area contributed by atoms with Crippen LogP contribution in [0.1, 0.15) is 20.8 Å². The van der Waals surface area contributed by atoms with Crippen molar-refractivity contribution in [2.75, 3.05) is 19.6 Å². The Labute approximate surface area is 58.0 Å². The quantitative estimate of drug-likeness (QED) is 0.543. The van der Waals surface area contributed by atoms with Crippen LogP contribution in [0, 0.1) is 0 Å². The Balaban J connectivity index is 0.000000640. The Hall–Kier alpha value is -0.0800. The lowest BCUT2D eigenvalue weighted by atomic mass is 10.2. The van der Waals surface area contributed by atoms with Crippen molar-refractivity contribution in [1.82, 2.24) is 10.6 Å². The minimum Gasteiger partial charge on any atom is -0.314 e. The van der Waals surface area contributed by atoms with Crippen LogP contribution in [0.2, 0.25) is 0 Å². The van der Waals surface area contributed by atoms with Gasteiger partial charge in [0, 0.05) is 25.7 Å². The maximum atomic E-state index is 3.41. The van der Waals surface area contributed by atoms with Gasteiger partial charge in [-0.2, -0.15) is 0 Å². The fourth-order valence-corrected chi connectivity index (χ4v) is 1.00. The Kier molecular flexibility index (Phi) is 4.72. The third-order valence-electron chi connectivity index (χ3n) is 1.62. The van der Waals surface area contributed by atoms with Crippen LogP contribution in [-0.4, -0.2) is 25.7 Å². The van der Waals surface area contributed by atoms with Gasteiger partial charge in [-0.1, -0.05) is 14.4 Å². The van der Waals surface area contributed by atoms with Crippen LogP contribution in [-0.2, 0) is 0 Å². The minimum absolute atomic E-state index is 0. The molecule has 1 rings (SSSR count). The Morgan fingerprint density at radius 1 is 1.44 bits per heavy atom. The van der Waals surface area contributed by atoms with E-state index in [1.54, 1.807) is 0 Å². The molecule has 0 unspecified atom stereocenters. The Morgan fingerprint density at radius 2 is 2.22 bits per heavy atom. The summed E-state index contributed by atoms with van der Waals surface area (Å²) >= 11 is 0. The molecule has 0 spiro atoms. The number of rotatable bonds is 1. The minimum atomic E-state index is 0. The first-order valence-corrected chi connectivity index (χ1v) is 3.37. The first-order chi connectivity index (χ1) is 3.93. The number of piperazine rings is 1. The van der Waals surface area contributed by atoms with E-state index in [9.17, 15) is 0 Å². The normalized spacial score (nSPS) is 27.0. The van der Waals surface area contributed by atoms with Crippen LogP contribution >= 0.6 is 0 Å². The lowest BCUT2D eigenvalue weighted by Crippen LogP contribution is -2.47. The Bertz CT molecular complexity index is 57.9. The lowest BCUT2D eigenvalue weighted by molar-refractivity contribution is 0.410. The van der Waals surface area contributed by atoms with E-state index in [2.05, 4.69) is 17.6 Å². The first kappa shape index (κ1) is 8.92. The molecule has 2 nitrogen and oxygen atoms in total. The summed E-state index contributed by atoms with van der Waals surface area (Å²) in [7, 11) is 0. The Morgan fingerprint density at radius 3 is 2.56 bits per heavy atom. The van der Waals surface area contributed by atoms with Crippen molar-refractivity contribution in [2.45, 2.75) is 26.8 Å². The van der Waals surface area contributed by atoms with E-state index in [0.29, 0.717) is 0 Å². The highest BCUT2D eigenvalue weighted by Crippen LogP contribution is 1.90. The second kappa shape index (κ2) is 4.77. The summed E-state index contributed by atoms with van der Waals surface area (Å²) in [5.41, 5.74) is 0. The predicted octanol–water partition coefficient (Wildman–Crippen LogP) is 0.594.